The van der Waals surface area contributed by atoms with Crippen molar-refractivity contribution >= 4 is 0 Å². The van der Waals surface area contributed by atoms with Gasteiger partial charge < -0.3 is 0 Å². The molecule has 0 spiro atoms. The molecule has 1 radical (unpaired) electrons. The van der Waals surface area contributed by atoms with Crippen LogP contribution in [0.2, 0.25) is 0 Å². The standard InChI is InChI=1S/C26H41/c1-2-3-4-5-6-7-8-9-10-11-12-13-14-15-16-17-18-20-23-26-24-21-19-22-25-26/h19,21-22,24H,2-17,23H2,1H3. The highest BCUT2D eigenvalue weighted by atomic mass is 14.0. The summed E-state index contributed by atoms with van der Waals surface area (Å²) in [5.74, 6) is 6.58. The lowest BCUT2D eigenvalue weighted by molar-refractivity contribution is 0.533. The van der Waals surface area contributed by atoms with Crippen molar-refractivity contribution in [3.05, 3.63) is 35.9 Å². The van der Waals surface area contributed by atoms with Gasteiger partial charge in [-0.15, -0.1) is 5.92 Å². The van der Waals surface area contributed by atoms with Crippen LogP contribution in [0.4, 0.5) is 0 Å². The molecule has 1 rings (SSSR count). The van der Waals surface area contributed by atoms with Gasteiger partial charge in [0.25, 0.3) is 0 Å². The molecule has 0 saturated carbocycles. The third-order valence-electron chi connectivity index (χ3n) is 5.08. The zero-order valence-electron chi connectivity index (χ0n) is 17.3. The number of hydrogen-bond acceptors (Lipinski definition) is 0. The van der Waals surface area contributed by atoms with E-state index in [4.69, 9.17) is 0 Å². The largest absolute Gasteiger partial charge is 0.103 e. The first kappa shape index (κ1) is 22.8. The van der Waals surface area contributed by atoms with Gasteiger partial charge in [-0.05, 0) is 18.1 Å². The second-order valence-corrected chi connectivity index (χ2v) is 7.62. The van der Waals surface area contributed by atoms with Crippen LogP contribution in [-0.2, 0) is 6.42 Å². The number of benzene rings is 1. The Morgan fingerprint density at radius 2 is 1.19 bits per heavy atom. The number of rotatable bonds is 16. The summed E-state index contributed by atoms with van der Waals surface area (Å²) >= 11 is 0. The topological polar surface area (TPSA) is 0 Å². The van der Waals surface area contributed by atoms with Crippen molar-refractivity contribution in [2.75, 3.05) is 0 Å². The minimum absolute atomic E-state index is 0.847. The van der Waals surface area contributed by atoms with Crippen LogP contribution in [0, 0.1) is 17.9 Å². The van der Waals surface area contributed by atoms with Crippen molar-refractivity contribution in [3.8, 4) is 11.8 Å². The molecule has 0 fully saturated rings. The molecule has 145 valence electrons. The first-order valence-corrected chi connectivity index (χ1v) is 11.3. The van der Waals surface area contributed by atoms with Crippen LogP contribution in [0.25, 0.3) is 0 Å². The minimum Gasteiger partial charge on any atom is -0.103 e. The second kappa shape index (κ2) is 18.6. The zero-order valence-corrected chi connectivity index (χ0v) is 17.3. The van der Waals surface area contributed by atoms with E-state index in [1.807, 2.05) is 12.1 Å². The third-order valence-corrected chi connectivity index (χ3v) is 5.08. The summed E-state index contributed by atoms with van der Waals surface area (Å²) in [5.41, 5.74) is 1.21. The molecule has 0 atom stereocenters. The molecule has 0 saturated heterocycles. The van der Waals surface area contributed by atoms with Crippen molar-refractivity contribution in [1.29, 1.82) is 0 Å². The summed E-state index contributed by atoms with van der Waals surface area (Å²) in [6.45, 7) is 2.29. The average Bonchev–Trinajstić information content (AvgIpc) is 2.68. The summed E-state index contributed by atoms with van der Waals surface area (Å²) in [5, 5.41) is 0. The quantitative estimate of drug-likeness (QED) is 0.207. The Balaban J connectivity index is 1.75. The molecule has 0 nitrogen and oxygen atoms in total. The van der Waals surface area contributed by atoms with Gasteiger partial charge in [-0.1, -0.05) is 127 Å². The van der Waals surface area contributed by atoms with E-state index in [2.05, 4.69) is 37.0 Å². The number of unbranched alkanes of at least 4 members (excludes halogenated alkanes) is 15. The Morgan fingerprint density at radius 3 is 1.69 bits per heavy atom. The lowest BCUT2D eigenvalue weighted by Crippen LogP contribution is -1.83. The SMILES string of the molecule is CCCCCCCCCCCCCCCCCC#CCc1[c]cccc1. The Hall–Kier alpha value is -1.22. The van der Waals surface area contributed by atoms with Gasteiger partial charge in [0.15, 0.2) is 0 Å². The first-order chi connectivity index (χ1) is 12.9. The zero-order chi connectivity index (χ0) is 18.5. The maximum atomic E-state index is 3.31. The van der Waals surface area contributed by atoms with E-state index in [1.165, 1.54) is 102 Å². The predicted molar refractivity (Wildman–Crippen MR) is 116 cm³/mol. The highest BCUT2D eigenvalue weighted by Gasteiger charge is 1.94. The molecule has 0 aliphatic heterocycles. The van der Waals surface area contributed by atoms with Gasteiger partial charge in [0.2, 0.25) is 0 Å². The van der Waals surface area contributed by atoms with Crippen LogP contribution in [0.3, 0.4) is 0 Å². The van der Waals surface area contributed by atoms with Crippen LogP contribution in [0.1, 0.15) is 115 Å². The summed E-state index contributed by atoms with van der Waals surface area (Å²) in [4.78, 5) is 0. The van der Waals surface area contributed by atoms with Crippen molar-refractivity contribution in [3.63, 3.8) is 0 Å². The van der Waals surface area contributed by atoms with Crippen LogP contribution < -0.4 is 0 Å². The molecule has 0 N–H and O–H groups in total. The molecule has 0 aliphatic carbocycles. The van der Waals surface area contributed by atoms with Crippen molar-refractivity contribution in [2.24, 2.45) is 0 Å². The average molecular weight is 354 g/mol. The molecule has 1 aromatic carbocycles. The summed E-state index contributed by atoms with van der Waals surface area (Å²) in [6, 6.07) is 11.4. The highest BCUT2D eigenvalue weighted by molar-refractivity contribution is 5.19. The summed E-state index contributed by atoms with van der Waals surface area (Å²) in [6.07, 6.45) is 23.2. The molecule has 0 heteroatoms. The lowest BCUT2D eigenvalue weighted by atomic mass is 10.0. The first-order valence-electron chi connectivity index (χ1n) is 11.3. The molecule has 0 aliphatic rings. The van der Waals surface area contributed by atoms with E-state index in [0.717, 1.165) is 12.8 Å². The Kier molecular flexibility index (Phi) is 16.3. The van der Waals surface area contributed by atoms with Gasteiger partial charge in [-0.2, -0.15) is 0 Å². The summed E-state index contributed by atoms with van der Waals surface area (Å²) < 4.78 is 0. The predicted octanol–water partition coefficient (Wildman–Crippen LogP) is 8.29. The van der Waals surface area contributed by atoms with Gasteiger partial charge >= 0.3 is 0 Å². The van der Waals surface area contributed by atoms with E-state index in [9.17, 15) is 0 Å². The smallest absolute Gasteiger partial charge is 0.0346 e. The minimum atomic E-state index is 0.847. The maximum absolute atomic E-state index is 3.31. The van der Waals surface area contributed by atoms with Crippen LogP contribution in [-0.4, -0.2) is 0 Å². The van der Waals surface area contributed by atoms with Crippen LogP contribution in [0.15, 0.2) is 24.3 Å². The molecular weight excluding hydrogens is 312 g/mol. The summed E-state index contributed by atoms with van der Waals surface area (Å²) in [7, 11) is 0. The number of hydrogen-bond donors (Lipinski definition) is 0. The molecule has 0 amide bonds. The molecular formula is C26H41. The maximum Gasteiger partial charge on any atom is 0.0346 e. The van der Waals surface area contributed by atoms with E-state index >= 15 is 0 Å². The molecule has 0 aromatic heterocycles. The fourth-order valence-electron chi connectivity index (χ4n) is 3.37. The van der Waals surface area contributed by atoms with Crippen molar-refractivity contribution in [2.45, 2.75) is 116 Å². The molecule has 0 unspecified atom stereocenters. The fraction of sp³-hybridized carbons (Fsp3) is 0.692. The Bertz CT molecular complexity index is 448. The third kappa shape index (κ3) is 15.1. The molecule has 0 heterocycles. The van der Waals surface area contributed by atoms with Gasteiger partial charge in [-0.3, -0.25) is 0 Å². The fourth-order valence-corrected chi connectivity index (χ4v) is 3.37. The van der Waals surface area contributed by atoms with Crippen LogP contribution >= 0.6 is 0 Å². The Morgan fingerprint density at radius 1 is 0.654 bits per heavy atom. The van der Waals surface area contributed by atoms with Gasteiger partial charge in [0.05, 0.1) is 0 Å². The van der Waals surface area contributed by atoms with E-state index in [-0.39, 0.29) is 0 Å². The molecule has 26 heavy (non-hydrogen) atoms. The highest BCUT2D eigenvalue weighted by Crippen LogP contribution is 2.13. The van der Waals surface area contributed by atoms with E-state index in [0.29, 0.717) is 0 Å². The second-order valence-electron chi connectivity index (χ2n) is 7.62. The Labute approximate surface area is 164 Å². The van der Waals surface area contributed by atoms with E-state index < -0.39 is 0 Å². The normalized spacial score (nSPS) is 10.5. The van der Waals surface area contributed by atoms with Gasteiger partial charge in [0.1, 0.15) is 0 Å². The molecule has 1 aromatic rings. The van der Waals surface area contributed by atoms with Crippen molar-refractivity contribution < 1.29 is 0 Å². The van der Waals surface area contributed by atoms with Gasteiger partial charge in [-0.25, -0.2) is 0 Å². The van der Waals surface area contributed by atoms with E-state index in [1.54, 1.807) is 0 Å². The van der Waals surface area contributed by atoms with Gasteiger partial charge in [0, 0.05) is 12.8 Å². The van der Waals surface area contributed by atoms with Crippen LogP contribution in [0.5, 0.6) is 0 Å². The van der Waals surface area contributed by atoms with Crippen molar-refractivity contribution in [1.82, 2.24) is 0 Å². The monoisotopic (exact) mass is 353 g/mol. The molecule has 0 bridgehead atoms. The lowest BCUT2D eigenvalue weighted by Gasteiger charge is -2.03.